The second-order valence-corrected chi connectivity index (χ2v) is 6.08. The molecule has 1 saturated heterocycles. The number of nitrogens with zero attached hydrogens (tertiary/aromatic N) is 1. The van der Waals surface area contributed by atoms with E-state index in [0.29, 0.717) is 29.4 Å². The van der Waals surface area contributed by atoms with Gasteiger partial charge in [-0.2, -0.15) is 0 Å². The molecule has 1 aliphatic rings. The lowest BCUT2D eigenvalue weighted by Gasteiger charge is -2.16. The first-order valence-electron chi connectivity index (χ1n) is 8.65. The Morgan fingerprint density at radius 2 is 1.67 bits per heavy atom. The topological polar surface area (TPSA) is 77.1 Å². The zero-order chi connectivity index (χ0) is 19.2. The molecule has 2 aromatic carbocycles. The van der Waals surface area contributed by atoms with E-state index in [1.165, 1.54) is 0 Å². The average Bonchev–Trinajstić information content (AvgIpc) is 3.12. The molecule has 1 aliphatic heterocycles. The summed E-state index contributed by atoms with van der Waals surface area (Å²) in [4.78, 5) is 25.7. The molecule has 0 unspecified atom stereocenters. The zero-order valence-electron chi connectivity index (χ0n) is 15.4. The fraction of sp³-hybridized carbons (Fsp3) is 0.300. The highest BCUT2D eigenvalue weighted by Crippen LogP contribution is 2.27. The molecule has 0 spiro atoms. The summed E-state index contributed by atoms with van der Waals surface area (Å²) in [6.45, 7) is 0.588. The van der Waals surface area contributed by atoms with Gasteiger partial charge < -0.3 is 24.4 Å². The Hall–Kier alpha value is -3.22. The van der Waals surface area contributed by atoms with Crippen LogP contribution in [0.4, 0.5) is 11.4 Å². The summed E-state index contributed by atoms with van der Waals surface area (Å²) in [5, 5.41) is 2.77. The fourth-order valence-electron chi connectivity index (χ4n) is 2.86. The number of ether oxygens (including phenoxy) is 3. The third kappa shape index (κ3) is 4.69. The van der Waals surface area contributed by atoms with Crippen molar-refractivity contribution in [3.05, 3.63) is 42.5 Å². The van der Waals surface area contributed by atoms with Crippen molar-refractivity contribution in [2.24, 2.45) is 0 Å². The molecule has 0 aromatic heterocycles. The summed E-state index contributed by atoms with van der Waals surface area (Å²) >= 11 is 0. The number of carbonyl (C=O) groups excluding carboxylic acids is 2. The van der Waals surface area contributed by atoms with Crippen molar-refractivity contribution in [1.82, 2.24) is 0 Å². The van der Waals surface area contributed by atoms with Crippen LogP contribution in [0.1, 0.15) is 12.8 Å². The number of carbonyl (C=O) groups is 2. The van der Waals surface area contributed by atoms with E-state index >= 15 is 0 Å². The molecule has 0 aliphatic carbocycles. The van der Waals surface area contributed by atoms with Gasteiger partial charge in [0, 0.05) is 42.5 Å². The van der Waals surface area contributed by atoms with Gasteiger partial charge in [0.2, 0.25) is 5.91 Å². The molecule has 2 aromatic rings. The number of benzene rings is 2. The number of methoxy groups -OCH3 is 2. The van der Waals surface area contributed by atoms with Gasteiger partial charge >= 0.3 is 0 Å². The van der Waals surface area contributed by atoms with Crippen molar-refractivity contribution < 1.29 is 23.8 Å². The Balaban J connectivity index is 1.55. The maximum absolute atomic E-state index is 12.1. The molecule has 0 saturated carbocycles. The lowest BCUT2D eigenvalue weighted by Crippen LogP contribution is -2.23. The van der Waals surface area contributed by atoms with Gasteiger partial charge in [-0.3, -0.25) is 9.59 Å². The Morgan fingerprint density at radius 3 is 2.22 bits per heavy atom. The number of rotatable bonds is 7. The van der Waals surface area contributed by atoms with Gasteiger partial charge in [-0.1, -0.05) is 0 Å². The molecule has 0 bridgehead atoms. The van der Waals surface area contributed by atoms with Crippen molar-refractivity contribution in [3.63, 3.8) is 0 Å². The van der Waals surface area contributed by atoms with E-state index in [2.05, 4.69) is 5.32 Å². The van der Waals surface area contributed by atoms with Crippen LogP contribution >= 0.6 is 0 Å². The molecule has 27 heavy (non-hydrogen) atoms. The number of hydrogen-bond acceptors (Lipinski definition) is 5. The minimum absolute atomic E-state index is 0.133. The first-order chi connectivity index (χ1) is 13.1. The van der Waals surface area contributed by atoms with Crippen LogP contribution in [-0.4, -0.2) is 39.2 Å². The van der Waals surface area contributed by atoms with Crippen molar-refractivity contribution in [3.8, 4) is 17.2 Å². The van der Waals surface area contributed by atoms with Gasteiger partial charge in [0.05, 0.1) is 14.2 Å². The van der Waals surface area contributed by atoms with E-state index in [-0.39, 0.29) is 18.4 Å². The quantitative estimate of drug-likeness (QED) is 0.811. The Bertz CT molecular complexity index is 797. The Kier molecular flexibility index (Phi) is 5.80. The van der Waals surface area contributed by atoms with Gasteiger partial charge in [0.25, 0.3) is 5.91 Å². The van der Waals surface area contributed by atoms with Crippen LogP contribution in [0.5, 0.6) is 17.2 Å². The smallest absolute Gasteiger partial charge is 0.262 e. The van der Waals surface area contributed by atoms with Crippen LogP contribution in [-0.2, 0) is 9.59 Å². The van der Waals surface area contributed by atoms with Crippen LogP contribution in [0, 0.1) is 0 Å². The second-order valence-electron chi connectivity index (χ2n) is 6.08. The summed E-state index contributed by atoms with van der Waals surface area (Å²) in [6.07, 6.45) is 1.47. The summed E-state index contributed by atoms with van der Waals surface area (Å²) in [6, 6.07) is 12.3. The SMILES string of the molecule is COc1cc(OC)cc(OCC(=O)Nc2ccc(N3CCCC3=O)cc2)c1. The molecule has 3 rings (SSSR count). The lowest BCUT2D eigenvalue weighted by atomic mass is 10.2. The molecule has 1 heterocycles. The lowest BCUT2D eigenvalue weighted by molar-refractivity contribution is -0.118. The van der Waals surface area contributed by atoms with Gasteiger partial charge in [-0.05, 0) is 30.7 Å². The summed E-state index contributed by atoms with van der Waals surface area (Å²) in [5.41, 5.74) is 1.48. The van der Waals surface area contributed by atoms with Crippen LogP contribution in [0.15, 0.2) is 42.5 Å². The third-order valence-corrected chi connectivity index (χ3v) is 4.23. The second kappa shape index (κ2) is 8.44. The van der Waals surface area contributed by atoms with Gasteiger partial charge in [0.15, 0.2) is 6.61 Å². The van der Waals surface area contributed by atoms with Crippen LogP contribution in [0.25, 0.3) is 0 Å². The first-order valence-corrected chi connectivity index (χ1v) is 8.65. The first kappa shape index (κ1) is 18.6. The molecule has 1 fully saturated rings. The maximum atomic E-state index is 12.1. The van der Waals surface area contributed by atoms with Crippen LogP contribution in [0.2, 0.25) is 0 Å². The Labute approximate surface area is 157 Å². The molecule has 1 N–H and O–H groups in total. The number of hydrogen-bond donors (Lipinski definition) is 1. The molecule has 7 nitrogen and oxygen atoms in total. The normalized spacial score (nSPS) is 13.4. The standard InChI is InChI=1S/C20H22N2O5/c1-25-16-10-17(26-2)12-18(11-16)27-13-19(23)21-14-5-7-15(8-6-14)22-9-3-4-20(22)24/h5-8,10-12H,3-4,9,13H2,1-2H3,(H,21,23). The van der Waals surface area contributed by atoms with Crippen molar-refractivity contribution in [2.75, 3.05) is 37.6 Å². The Morgan fingerprint density at radius 1 is 1.04 bits per heavy atom. The summed E-state index contributed by atoms with van der Waals surface area (Å²) in [7, 11) is 3.09. The van der Waals surface area contributed by atoms with Crippen molar-refractivity contribution in [2.45, 2.75) is 12.8 Å². The van der Waals surface area contributed by atoms with Crippen molar-refractivity contribution in [1.29, 1.82) is 0 Å². The highest BCUT2D eigenvalue weighted by molar-refractivity contribution is 5.96. The van der Waals surface area contributed by atoms with E-state index in [9.17, 15) is 9.59 Å². The van der Waals surface area contributed by atoms with E-state index in [4.69, 9.17) is 14.2 Å². The largest absolute Gasteiger partial charge is 0.496 e. The predicted octanol–water partition coefficient (Wildman–Crippen LogP) is 2.85. The average molecular weight is 370 g/mol. The highest BCUT2D eigenvalue weighted by Gasteiger charge is 2.21. The molecular weight excluding hydrogens is 348 g/mol. The molecule has 0 atom stereocenters. The zero-order valence-corrected chi connectivity index (χ0v) is 15.4. The van der Waals surface area contributed by atoms with E-state index < -0.39 is 0 Å². The number of nitrogens with one attached hydrogen (secondary N) is 1. The molecule has 2 amide bonds. The van der Waals surface area contributed by atoms with Gasteiger partial charge in [0.1, 0.15) is 17.2 Å². The van der Waals surface area contributed by atoms with Crippen LogP contribution in [0.3, 0.4) is 0 Å². The molecular formula is C20H22N2O5. The number of amides is 2. The minimum Gasteiger partial charge on any atom is -0.496 e. The molecule has 142 valence electrons. The van der Waals surface area contributed by atoms with E-state index in [1.54, 1.807) is 49.5 Å². The number of anilines is 2. The summed E-state index contributed by atoms with van der Waals surface area (Å²) in [5.74, 6) is 1.48. The minimum atomic E-state index is -0.290. The van der Waals surface area contributed by atoms with Crippen molar-refractivity contribution >= 4 is 23.2 Å². The third-order valence-electron chi connectivity index (χ3n) is 4.23. The van der Waals surface area contributed by atoms with Gasteiger partial charge in [-0.15, -0.1) is 0 Å². The highest BCUT2D eigenvalue weighted by atomic mass is 16.5. The fourth-order valence-corrected chi connectivity index (χ4v) is 2.86. The van der Waals surface area contributed by atoms with E-state index in [0.717, 1.165) is 18.7 Å². The maximum Gasteiger partial charge on any atom is 0.262 e. The molecule has 7 heteroatoms. The predicted molar refractivity (Wildman–Crippen MR) is 102 cm³/mol. The monoisotopic (exact) mass is 370 g/mol. The molecule has 0 radical (unpaired) electrons. The van der Waals surface area contributed by atoms with Gasteiger partial charge in [-0.25, -0.2) is 0 Å². The summed E-state index contributed by atoms with van der Waals surface area (Å²) < 4.78 is 15.9. The van der Waals surface area contributed by atoms with E-state index in [1.807, 2.05) is 12.1 Å². The van der Waals surface area contributed by atoms with Crippen LogP contribution < -0.4 is 24.4 Å².